The highest BCUT2D eigenvalue weighted by Crippen LogP contribution is 2.62. The highest BCUT2D eigenvalue weighted by atomic mass is 35.5. The molecule has 3 amide bonds. The van der Waals surface area contributed by atoms with Crippen molar-refractivity contribution >= 4 is 63.7 Å². The standard InChI is InChI=1S/C32H36ClN5O8/c1-30-12-16-18(37(3)4)11-17(36-29(45)35-15-9-7-8-14(33)10-15)22(39)19(16)23(40)21(30)27(43)32(46)26(42)20(28(34)44)24(41)25(38(5)6)31(32,2)13-30/h7-11,20-21,25,39,46H,12-13H2,1-6H3,(H2,34,44)(H2,35,36,45)/t20?,21?,25-,30+,31+,32-/m1/s1. The van der Waals surface area contributed by atoms with Crippen molar-refractivity contribution < 1.29 is 39.0 Å². The van der Waals surface area contributed by atoms with Gasteiger partial charge in [-0.2, -0.15) is 0 Å². The molecular formula is C32H36ClN5O8. The molecule has 0 aliphatic heterocycles. The number of likely N-dealkylation sites (N-methyl/N-ethyl adjacent to an activating group) is 1. The summed E-state index contributed by atoms with van der Waals surface area (Å²) in [6.07, 6.45) is -0.104. The Balaban J connectivity index is 1.64. The Kier molecular flexibility index (Phi) is 7.82. The summed E-state index contributed by atoms with van der Waals surface area (Å²) >= 11 is 6.00. The van der Waals surface area contributed by atoms with Crippen LogP contribution in [0.3, 0.4) is 0 Å². The van der Waals surface area contributed by atoms with Gasteiger partial charge in [-0.05, 0) is 62.2 Å². The zero-order valence-corrected chi connectivity index (χ0v) is 27.0. The molecule has 13 nitrogen and oxygen atoms in total. The van der Waals surface area contributed by atoms with E-state index >= 15 is 0 Å². The van der Waals surface area contributed by atoms with Gasteiger partial charge >= 0.3 is 6.03 Å². The molecular weight excluding hydrogens is 618 g/mol. The molecule has 0 aromatic heterocycles. The van der Waals surface area contributed by atoms with E-state index in [1.165, 1.54) is 38.1 Å². The first-order valence-electron chi connectivity index (χ1n) is 14.5. The van der Waals surface area contributed by atoms with E-state index in [0.717, 1.165) is 0 Å². The van der Waals surface area contributed by atoms with Crippen LogP contribution in [0.25, 0.3) is 0 Å². The van der Waals surface area contributed by atoms with Gasteiger partial charge in [-0.3, -0.25) is 28.9 Å². The SMILES string of the molecule is CN(C)c1cc(NC(=O)Nc2cccc(Cl)c2)c(O)c2c1C[C@@]1(C)C[C@@]3(C)[C@H](N(C)C)C(=O)C(C(N)=O)C(=O)[C@@]3(O)C(=O)C1C2=O. The number of nitrogens with zero attached hydrogens (tertiary/aromatic N) is 2. The number of aromatic hydroxyl groups is 1. The quantitative estimate of drug-likeness (QED) is 0.235. The first-order valence-corrected chi connectivity index (χ1v) is 14.9. The molecule has 2 saturated carbocycles. The van der Waals surface area contributed by atoms with E-state index in [0.29, 0.717) is 22.0 Å². The number of fused-ring (bicyclic) bond motifs is 3. The summed E-state index contributed by atoms with van der Waals surface area (Å²) in [5.41, 5.74) is 0.386. The van der Waals surface area contributed by atoms with Crippen molar-refractivity contribution in [2.45, 2.75) is 38.3 Å². The Morgan fingerprint density at radius 2 is 1.67 bits per heavy atom. The number of aliphatic hydroxyl groups is 1. The molecule has 2 unspecified atom stereocenters. The van der Waals surface area contributed by atoms with E-state index in [2.05, 4.69) is 10.6 Å². The largest absolute Gasteiger partial charge is 0.505 e. The van der Waals surface area contributed by atoms with Crippen LogP contribution in [-0.4, -0.2) is 90.0 Å². The third-order valence-corrected chi connectivity index (χ3v) is 10.0. The molecule has 6 N–H and O–H groups in total. The van der Waals surface area contributed by atoms with Crippen LogP contribution in [-0.2, 0) is 25.6 Å². The fourth-order valence-corrected chi connectivity index (χ4v) is 8.30. The third kappa shape index (κ3) is 4.59. The van der Waals surface area contributed by atoms with Crippen molar-refractivity contribution in [2.24, 2.45) is 28.4 Å². The maximum atomic E-state index is 14.5. The summed E-state index contributed by atoms with van der Waals surface area (Å²) in [6.45, 7) is 3.12. The van der Waals surface area contributed by atoms with Crippen molar-refractivity contribution in [1.82, 2.24) is 4.90 Å². The summed E-state index contributed by atoms with van der Waals surface area (Å²) in [5, 5.41) is 29.1. The van der Waals surface area contributed by atoms with Gasteiger partial charge in [-0.1, -0.05) is 31.5 Å². The van der Waals surface area contributed by atoms with E-state index in [9.17, 15) is 39.0 Å². The van der Waals surface area contributed by atoms with Crippen LogP contribution in [0.5, 0.6) is 5.75 Å². The fourth-order valence-electron chi connectivity index (χ4n) is 8.11. The minimum absolute atomic E-state index is 0.0357. The Bertz CT molecular complexity index is 1740. The number of halogens is 1. The highest BCUT2D eigenvalue weighted by Gasteiger charge is 2.76. The van der Waals surface area contributed by atoms with Crippen LogP contribution in [0.1, 0.15) is 36.2 Å². The lowest BCUT2D eigenvalue weighted by atomic mass is 9.42. The summed E-state index contributed by atoms with van der Waals surface area (Å²) in [6, 6.07) is 5.86. The number of nitrogens with two attached hydrogens (primary N) is 1. The molecule has 6 atom stereocenters. The van der Waals surface area contributed by atoms with Gasteiger partial charge in [0.25, 0.3) is 0 Å². The third-order valence-electron chi connectivity index (χ3n) is 9.78. The van der Waals surface area contributed by atoms with Gasteiger partial charge in [0.1, 0.15) is 5.75 Å². The van der Waals surface area contributed by atoms with Crippen molar-refractivity contribution in [3.63, 3.8) is 0 Å². The highest BCUT2D eigenvalue weighted by molar-refractivity contribution is 6.33. The Hall–Kier alpha value is -4.33. The second kappa shape index (κ2) is 10.9. The number of phenolic OH excluding ortho intramolecular Hbond substituents is 1. The van der Waals surface area contributed by atoms with Crippen LogP contribution in [0.2, 0.25) is 5.02 Å². The second-order valence-electron chi connectivity index (χ2n) is 13.4. The zero-order chi connectivity index (χ0) is 34.3. The zero-order valence-electron chi connectivity index (χ0n) is 26.2. The number of anilines is 3. The van der Waals surface area contributed by atoms with Crippen LogP contribution in [0.15, 0.2) is 30.3 Å². The fraction of sp³-hybridized carbons (Fsp3) is 0.438. The van der Waals surface area contributed by atoms with E-state index in [1.807, 2.05) is 0 Å². The van der Waals surface area contributed by atoms with Gasteiger partial charge in [0.05, 0.1) is 23.2 Å². The summed E-state index contributed by atoms with van der Waals surface area (Å²) < 4.78 is 0. The number of hydrogen-bond donors (Lipinski definition) is 5. The molecule has 0 bridgehead atoms. The molecule has 5 rings (SSSR count). The predicted molar refractivity (Wildman–Crippen MR) is 169 cm³/mol. The van der Waals surface area contributed by atoms with Crippen LogP contribution in [0, 0.1) is 22.7 Å². The number of phenols is 1. The summed E-state index contributed by atoms with van der Waals surface area (Å²) in [5.74, 6) is -9.86. The summed E-state index contributed by atoms with van der Waals surface area (Å²) in [7, 11) is 6.47. The van der Waals surface area contributed by atoms with E-state index < -0.39 is 75.1 Å². The average molecular weight is 654 g/mol. The van der Waals surface area contributed by atoms with Gasteiger partial charge in [-0.15, -0.1) is 0 Å². The lowest BCUT2D eigenvalue weighted by Crippen LogP contribution is -2.79. The molecule has 0 heterocycles. The number of carbonyl (C=O) groups is 6. The van der Waals surface area contributed by atoms with Crippen LogP contribution >= 0.6 is 11.6 Å². The molecule has 14 heteroatoms. The molecule has 0 spiro atoms. The number of amides is 3. The monoisotopic (exact) mass is 653 g/mol. The van der Waals surface area contributed by atoms with Gasteiger partial charge in [0.2, 0.25) is 5.91 Å². The van der Waals surface area contributed by atoms with Crippen molar-refractivity contribution in [3.8, 4) is 5.75 Å². The number of hydrogen-bond acceptors (Lipinski definition) is 10. The number of carbonyl (C=O) groups excluding carboxylic acids is 6. The van der Waals surface area contributed by atoms with Gasteiger partial charge in [0, 0.05) is 35.9 Å². The lowest BCUT2D eigenvalue weighted by Gasteiger charge is -2.61. The second-order valence-corrected chi connectivity index (χ2v) is 13.8. The first kappa shape index (κ1) is 33.0. The van der Waals surface area contributed by atoms with Gasteiger partial charge in [-0.25, -0.2) is 4.79 Å². The number of nitrogens with one attached hydrogen (secondary N) is 2. The molecule has 2 aromatic carbocycles. The molecule has 2 aromatic rings. The van der Waals surface area contributed by atoms with Gasteiger partial charge < -0.3 is 31.5 Å². The molecule has 0 saturated heterocycles. The minimum Gasteiger partial charge on any atom is -0.505 e. The molecule has 244 valence electrons. The molecule has 46 heavy (non-hydrogen) atoms. The minimum atomic E-state index is -2.92. The number of urea groups is 1. The number of Topliss-reactive ketones (excluding diaryl/α,β-unsaturated/α-hetero) is 4. The topological polar surface area (TPSA) is 199 Å². The average Bonchev–Trinajstić information content (AvgIpc) is 2.91. The van der Waals surface area contributed by atoms with Crippen molar-refractivity contribution in [2.75, 3.05) is 43.7 Å². The Morgan fingerprint density at radius 1 is 1.02 bits per heavy atom. The van der Waals surface area contributed by atoms with E-state index in [1.54, 1.807) is 44.1 Å². The molecule has 0 radical (unpaired) electrons. The Morgan fingerprint density at radius 3 is 2.24 bits per heavy atom. The maximum Gasteiger partial charge on any atom is 0.323 e. The number of ketones is 4. The van der Waals surface area contributed by atoms with Crippen molar-refractivity contribution in [3.05, 3.63) is 46.5 Å². The van der Waals surface area contributed by atoms with Crippen LogP contribution in [0.4, 0.5) is 21.9 Å². The normalized spacial score (nSPS) is 30.3. The van der Waals surface area contributed by atoms with E-state index in [-0.39, 0.29) is 24.1 Å². The van der Waals surface area contributed by atoms with Crippen LogP contribution < -0.4 is 21.3 Å². The Labute approximate surface area is 270 Å². The molecule has 3 aliphatic carbocycles. The van der Waals surface area contributed by atoms with E-state index in [4.69, 9.17) is 17.3 Å². The number of benzene rings is 2. The lowest BCUT2D eigenvalue weighted by molar-refractivity contribution is -0.203. The summed E-state index contributed by atoms with van der Waals surface area (Å²) in [4.78, 5) is 84.6. The predicted octanol–water partition coefficient (Wildman–Crippen LogP) is 2.01. The molecule has 3 aliphatic rings. The number of primary amides is 1. The number of rotatable bonds is 5. The molecule has 2 fully saturated rings. The first-order chi connectivity index (χ1) is 21.3. The van der Waals surface area contributed by atoms with Crippen molar-refractivity contribution in [1.29, 1.82) is 0 Å². The smallest absolute Gasteiger partial charge is 0.323 e. The maximum absolute atomic E-state index is 14.5. The van der Waals surface area contributed by atoms with Gasteiger partial charge in [0.15, 0.2) is 34.7 Å².